The number of aromatic nitrogens is 2. The second kappa shape index (κ2) is 4.18. The van der Waals surface area contributed by atoms with E-state index in [1.165, 1.54) is 10.2 Å². The number of benzene rings is 1. The van der Waals surface area contributed by atoms with E-state index in [1.807, 2.05) is 18.2 Å². The molecule has 0 saturated heterocycles. The van der Waals surface area contributed by atoms with Crippen molar-refractivity contribution in [3.63, 3.8) is 0 Å². The number of anilines is 1. The number of rotatable bonds is 2. The minimum Gasteiger partial charge on any atom is -0.369 e. The standard InChI is InChI=1S/C13H14N4O/c14-13(18)17-12-10(6-7-15-12)11(16-17)8-9-4-2-1-3-5-9/h1-5,15H,6-8H2,(H2,14,18). The van der Waals surface area contributed by atoms with Crippen LogP contribution in [-0.4, -0.2) is 22.4 Å². The zero-order valence-electron chi connectivity index (χ0n) is 9.89. The van der Waals surface area contributed by atoms with Crippen LogP contribution < -0.4 is 11.1 Å². The van der Waals surface area contributed by atoms with Gasteiger partial charge >= 0.3 is 6.03 Å². The van der Waals surface area contributed by atoms with Gasteiger partial charge in [-0.1, -0.05) is 30.3 Å². The number of carbonyl (C=O) groups excluding carboxylic acids is 1. The zero-order valence-corrected chi connectivity index (χ0v) is 9.89. The predicted octanol–water partition coefficient (Wildman–Crippen LogP) is 1.37. The van der Waals surface area contributed by atoms with Crippen molar-refractivity contribution in [3.05, 3.63) is 47.2 Å². The van der Waals surface area contributed by atoms with E-state index in [0.717, 1.165) is 36.5 Å². The lowest BCUT2D eigenvalue weighted by Gasteiger charge is -2.00. The lowest BCUT2D eigenvalue weighted by atomic mass is 10.1. The third kappa shape index (κ3) is 1.73. The summed E-state index contributed by atoms with van der Waals surface area (Å²) >= 11 is 0. The van der Waals surface area contributed by atoms with Crippen LogP contribution in [0.3, 0.4) is 0 Å². The number of carbonyl (C=O) groups is 1. The van der Waals surface area contributed by atoms with Crippen LogP contribution in [0.25, 0.3) is 0 Å². The Morgan fingerprint density at radius 1 is 1.39 bits per heavy atom. The number of fused-ring (bicyclic) bond motifs is 1. The highest BCUT2D eigenvalue weighted by atomic mass is 16.2. The summed E-state index contributed by atoms with van der Waals surface area (Å²) in [5.41, 5.74) is 8.54. The van der Waals surface area contributed by atoms with Crippen LogP contribution in [0.2, 0.25) is 0 Å². The van der Waals surface area contributed by atoms with Crippen LogP contribution >= 0.6 is 0 Å². The van der Waals surface area contributed by atoms with Crippen LogP contribution in [0.4, 0.5) is 10.6 Å². The van der Waals surface area contributed by atoms with Crippen molar-refractivity contribution in [2.45, 2.75) is 12.8 Å². The van der Waals surface area contributed by atoms with E-state index in [2.05, 4.69) is 22.5 Å². The average molecular weight is 242 g/mol. The fourth-order valence-corrected chi connectivity index (χ4v) is 2.34. The van der Waals surface area contributed by atoms with Crippen molar-refractivity contribution in [3.8, 4) is 0 Å². The van der Waals surface area contributed by atoms with E-state index >= 15 is 0 Å². The second-order valence-corrected chi connectivity index (χ2v) is 4.36. The molecule has 3 N–H and O–H groups in total. The zero-order chi connectivity index (χ0) is 12.5. The molecule has 0 fully saturated rings. The molecule has 18 heavy (non-hydrogen) atoms. The van der Waals surface area contributed by atoms with Gasteiger partial charge in [0.05, 0.1) is 5.69 Å². The first-order valence-corrected chi connectivity index (χ1v) is 5.94. The lowest BCUT2D eigenvalue weighted by molar-refractivity contribution is 0.248. The Morgan fingerprint density at radius 2 is 2.17 bits per heavy atom. The molecular weight excluding hydrogens is 228 g/mol. The number of amides is 1. The van der Waals surface area contributed by atoms with Gasteiger partial charge in [-0.3, -0.25) is 0 Å². The normalized spacial score (nSPS) is 13.1. The van der Waals surface area contributed by atoms with Crippen molar-refractivity contribution in [2.75, 3.05) is 11.9 Å². The molecule has 0 aliphatic carbocycles. The van der Waals surface area contributed by atoms with Crippen LogP contribution in [0.15, 0.2) is 30.3 Å². The first kappa shape index (κ1) is 10.8. The molecule has 0 spiro atoms. The van der Waals surface area contributed by atoms with Gasteiger partial charge in [-0.15, -0.1) is 0 Å². The number of nitrogens with one attached hydrogen (secondary N) is 1. The van der Waals surface area contributed by atoms with Gasteiger partial charge in [-0.05, 0) is 12.0 Å². The van der Waals surface area contributed by atoms with E-state index in [9.17, 15) is 4.79 Å². The topological polar surface area (TPSA) is 72.9 Å². The van der Waals surface area contributed by atoms with Crippen LogP contribution in [0, 0.1) is 0 Å². The quantitative estimate of drug-likeness (QED) is 0.835. The number of hydrogen-bond acceptors (Lipinski definition) is 3. The Balaban J connectivity index is 1.98. The van der Waals surface area contributed by atoms with Crippen molar-refractivity contribution < 1.29 is 4.79 Å². The van der Waals surface area contributed by atoms with Crippen LogP contribution in [0.1, 0.15) is 16.8 Å². The predicted molar refractivity (Wildman–Crippen MR) is 68.7 cm³/mol. The summed E-state index contributed by atoms with van der Waals surface area (Å²) in [6.07, 6.45) is 1.62. The molecular formula is C13H14N4O. The maximum atomic E-state index is 11.3. The molecule has 5 heteroatoms. The van der Waals surface area contributed by atoms with Crippen molar-refractivity contribution in [2.24, 2.45) is 5.73 Å². The van der Waals surface area contributed by atoms with Gasteiger partial charge in [-0.2, -0.15) is 9.78 Å². The molecule has 1 aliphatic heterocycles. The molecule has 92 valence electrons. The average Bonchev–Trinajstić information content (AvgIpc) is 2.94. The Morgan fingerprint density at radius 3 is 2.89 bits per heavy atom. The van der Waals surface area contributed by atoms with Gasteiger partial charge in [0.1, 0.15) is 5.82 Å². The molecule has 1 aliphatic rings. The number of hydrogen-bond donors (Lipinski definition) is 2. The fourth-order valence-electron chi connectivity index (χ4n) is 2.34. The highest BCUT2D eigenvalue weighted by molar-refractivity contribution is 5.79. The Hall–Kier alpha value is -2.30. The van der Waals surface area contributed by atoms with E-state index in [-0.39, 0.29) is 0 Å². The van der Waals surface area contributed by atoms with Gasteiger partial charge in [0.15, 0.2) is 0 Å². The lowest BCUT2D eigenvalue weighted by Crippen LogP contribution is -2.22. The monoisotopic (exact) mass is 242 g/mol. The van der Waals surface area contributed by atoms with Crippen LogP contribution in [0.5, 0.6) is 0 Å². The summed E-state index contributed by atoms with van der Waals surface area (Å²) in [7, 11) is 0. The molecule has 5 nitrogen and oxygen atoms in total. The maximum Gasteiger partial charge on any atom is 0.341 e. The van der Waals surface area contributed by atoms with Gasteiger partial charge in [0, 0.05) is 18.5 Å². The minimum atomic E-state index is -0.542. The summed E-state index contributed by atoms with van der Waals surface area (Å²) in [4.78, 5) is 11.3. The maximum absolute atomic E-state index is 11.3. The summed E-state index contributed by atoms with van der Waals surface area (Å²) < 4.78 is 1.26. The van der Waals surface area contributed by atoms with E-state index < -0.39 is 6.03 Å². The second-order valence-electron chi connectivity index (χ2n) is 4.36. The van der Waals surface area contributed by atoms with E-state index in [1.54, 1.807) is 0 Å². The van der Waals surface area contributed by atoms with Gasteiger partial charge < -0.3 is 11.1 Å². The molecule has 2 heterocycles. The number of nitrogens with two attached hydrogens (primary N) is 1. The third-order valence-electron chi connectivity index (χ3n) is 3.16. The number of nitrogens with zero attached hydrogens (tertiary/aromatic N) is 2. The van der Waals surface area contributed by atoms with Crippen molar-refractivity contribution in [1.82, 2.24) is 9.78 Å². The highest BCUT2D eigenvalue weighted by Gasteiger charge is 2.24. The first-order chi connectivity index (χ1) is 8.75. The molecule has 0 unspecified atom stereocenters. The Labute approximate surface area is 105 Å². The van der Waals surface area contributed by atoms with Crippen LogP contribution in [-0.2, 0) is 12.8 Å². The van der Waals surface area contributed by atoms with Gasteiger partial charge in [0.2, 0.25) is 0 Å². The Kier molecular flexibility index (Phi) is 2.51. The third-order valence-corrected chi connectivity index (χ3v) is 3.16. The van der Waals surface area contributed by atoms with Gasteiger partial charge in [-0.25, -0.2) is 4.79 Å². The fraction of sp³-hybridized carbons (Fsp3) is 0.231. The summed E-state index contributed by atoms with van der Waals surface area (Å²) in [6.45, 7) is 0.836. The largest absolute Gasteiger partial charge is 0.369 e. The smallest absolute Gasteiger partial charge is 0.341 e. The Bertz CT molecular complexity index is 589. The van der Waals surface area contributed by atoms with Crippen molar-refractivity contribution >= 4 is 11.8 Å². The van der Waals surface area contributed by atoms with E-state index in [4.69, 9.17) is 5.73 Å². The molecule has 0 saturated carbocycles. The summed E-state index contributed by atoms with van der Waals surface area (Å²) in [5, 5.41) is 7.46. The number of primary amides is 1. The van der Waals surface area contributed by atoms with Crippen molar-refractivity contribution in [1.29, 1.82) is 0 Å². The summed E-state index contributed by atoms with van der Waals surface area (Å²) in [5.74, 6) is 0.758. The molecule has 0 bridgehead atoms. The minimum absolute atomic E-state index is 0.542. The molecule has 3 rings (SSSR count). The molecule has 0 radical (unpaired) electrons. The van der Waals surface area contributed by atoms with E-state index in [0.29, 0.717) is 0 Å². The summed E-state index contributed by atoms with van der Waals surface area (Å²) in [6, 6.07) is 9.55. The SMILES string of the molecule is NC(=O)n1nc(Cc2ccccc2)c2c1NCC2. The molecule has 0 atom stereocenters. The molecule has 1 aromatic carbocycles. The molecule has 1 amide bonds. The molecule has 1 aromatic heterocycles. The highest BCUT2D eigenvalue weighted by Crippen LogP contribution is 2.26. The van der Waals surface area contributed by atoms with Gasteiger partial charge in [0.25, 0.3) is 0 Å². The first-order valence-electron chi connectivity index (χ1n) is 5.94. The molecule has 2 aromatic rings.